The van der Waals surface area contributed by atoms with Gasteiger partial charge in [-0.25, -0.2) is 4.39 Å². The van der Waals surface area contributed by atoms with Crippen LogP contribution in [-0.2, 0) is 19.9 Å². The Kier molecular flexibility index (Phi) is 6.67. The molecule has 2 aliphatic heterocycles. The van der Waals surface area contributed by atoms with Crippen LogP contribution in [0.1, 0.15) is 36.3 Å². The van der Waals surface area contributed by atoms with E-state index in [9.17, 15) is 27.2 Å². The van der Waals surface area contributed by atoms with Crippen molar-refractivity contribution < 1.29 is 31.9 Å². The van der Waals surface area contributed by atoms with E-state index in [0.29, 0.717) is 24.8 Å². The average Bonchev–Trinajstić information content (AvgIpc) is 2.90. The van der Waals surface area contributed by atoms with E-state index in [1.165, 1.54) is 29.2 Å². The van der Waals surface area contributed by atoms with Crippen molar-refractivity contribution in [3.05, 3.63) is 83.7 Å². The number of hydrogen-bond donors (Lipinski definition) is 1. The molecule has 0 aliphatic carbocycles. The number of methoxy groups -OCH3 is 1. The van der Waals surface area contributed by atoms with Crippen molar-refractivity contribution in [1.29, 1.82) is 0 Å². The zero-order valence-electron chi connectivity index (χ0n) is 20.9. The minimum Gasteiger partial charge on any atom is -0.356 e. The largest absolute Gasteiger partial charge is 0.431 e. The normalized spacial score (nSPS) is 21.2. The Morgan fingerprint density at radius 2 is 1.66 bits per heavy atom. The Hall–Kier alpha value is -3.46. The summed E-state index contributed by atoms with van der Waals surface area (Å²) in [5.74, 6) is -1.83. The zero-order valence-corrected chi connectivity index (χ0v) is 20.9. The number of likely N-dealkylation sites (tertiary alicyclic amines) is 1. The van der Waals surface area contributed by atoms with Gasteiger partial charge in [0.2, 0.25) is 5.91 Å². The zero-order chi connectivity index (χ0) is 27.1. The van der Waals surface area contributed by atoms with Gasteiger partial charge >= 0.3 is 6.18 Å². The van der Waals surface area contributed by atoms with E-state index < -0.39 is 23.1 Å². The fraction of sp³-hybridized carbons (Fsp3) is 0.379. The molecule has 0 unspecified atom stereocenters. The van der Waals surface area contributed by atoms with Crippen LogP contribution in [0.25, 0.3) is 10.8 Å². The molecule has 3 aromatic carbocycles. The molecule has 2 heterocycles. The van der Waals surface area contributed by atoms with Crippen molar-refractivity contribution in [2.24, 2.45) is 5.41 Å². The molecular formula is C29H28F4N2O3. The van der Waals surface area contributed by atoms with Crippen LogP contribution in [0.4, 0.5) is 17.6 Å². The SMILES string of the molecule is CO[C@@](C(=O)N1CCC2(CC1)CC(=O)NC[C@H]2c1ccc(F)cc1)(c1cccc2ccccc12)C(F)(F)F. The second-order valence-corrected chi connectivity index (χ2v) is 10.1. The summed E-state index contributed by atoms with van der Waals surface area (Å²) in [5, 5.41) is 3.71. The van der Waals surface area contributed by atoms with E-state index in [1.54, 1.807) is 42.5 Å². The minimum absolute atomic E-state index is 0.0375. The van der Waals surface area contributed by atoms with Gasteiger partial charge in [0.1, 0.15) is 5.82 Å². The lowest BCUT2D eigenvalue weighted by atomic mass is 9.62. The smallest absolute Gasteiger partial charge is 0.356 e. The van der Waals surface area contributed by atoms with Gasteiger partial charge in [-0.2, -0.15) is 13.2 Å². The van der Waals surface area contributed by atoms with Crippen molar-refractivity contribution in [3.8, 4) is 0 Å². The van der Waals surface area contributed by atoms with Gasteiger partial charge in [0.05, 0.1) is 0 Å². The maximum Gasteiger partial charge on any atom is 0.431 e. The van der Waals surface area contributed by atoms with E-state index in [2.05, 4.69) is 5.32 Å². The highest BCUT2D eigenvalue weighted by Crippen LogP contribution is 2.51. The quantitative estimate of drug-likeness (QED) is 0.468. The maximum absolute atomic E-state index is 14.9. The molecule has 1 N–H and O–H groups in total. The second-order valence-electron chi connectivity index (χ2n) is 10.1. The van der Waals surface area contributed by atoms with Gasteiger partial charge in [0, 0.05) is 44.6 Å². The van der Waals surface area contributed by atoms with Crippen molar-refractivity contribution in [3.63, 3.8) is 0 Å². The summed E-state index contributed by atoms with van der Waals surface area (Å²) < 4.78 is 63.3. The first-order valence-electron chi connectivity index (χ1n) is 12.5. The number of alkyl halides is 3. The Bertz CT molecular complexity index is 1340. The number of piperidine rings is 2. The van der Waals surface area contributed by atoms with Gasteiger partial charge in [0.15, 0.2) is 0 Å². The van der Waals surface area contributed by atoms with Crippen LogP contribution in [-0.4, -0.2) is 49.6 Å². The molecule has 5 nitrogen and oxygen atoms in total. The number of benzene rings is 3. The molecule has 2 saturated heterocycles. The van der Waals surface area contributed by atoms with Crippen LogP contribution in [0.15, 0.2) is 66.7 Å². The van der Waals surface area contributed by atoms with Crippen LogP contribution < -0.4 is 5.32 Å². The molecule has 1 spiro atoms. The van der Waals surface area contributed by atoms with E-state index in [0.717, 1.165) is 12.7 Å². The van der Waals surface area contributed by atoms with Crippen LogP contribution in [0, 0.1) is 11.2 Å². The number of ether oxygens (including phenoxy) is 1. The molecule has 2 aliphatic rings. The molecule has 2 amide bonds. The highest BCUT2D eigenvalue weighted by molar-refractivity contribution is 5.95. The van der Waals surface area contributed by atoms with Gasteiger partial charge in [0.25, 0.3) is 11.5 Å². The summed E-state index contributed by atoms with van der Waals surface area (Å²) in [6.07, 6.45) is -4.17. The number of carbonyl (C=O) groups is 2. The number of amides is 2. The molecule has 3 aromatic rings. The van der Waals surface area contributed by atoms with Gasteiger partial charge in [-0.3, -0.25) is 9.59 Å². The molecule has 0 saturated carbocycles. The number of nitrogens with zero attached hydrogens (tertiary/aromatic N) is 1. The Morgan fingerprint density at radius 1 is 1.00 bits per heavy atom. The molecule has 0 aromatic heterocycles. The van der Waals surface area contributed by atoms with Crippen LogP contribution in [0.5, 0.6) is 0 Å². The van der Waals surface area contributed by atoms with Crippen LogP contribution in [0.2, 0.25) is 0 Å². The summed E-state index contributed by atoms with van der Waals surface area (Å²) in [6, 6.07) is 17.1. The number of fused-ring (bicyclic) bond motifs is 1. The predicted molar refractivity (Wildman–Crippen MR) is 134 cm³/mol. The summed E-state index contributed by atoms with van der Waals surface area (Å²) >= 11 is 0. The van der Waals surface area contributed by atoms with E-state index in [4.69, 9.17) is 4.74 Å². The second kappa shape index (κ2) is 9.69. The highest BCUT2D eigenvalue weighted by atomic mass is 19.4. The third-order valence-electron chi connectivity index (χ3n) is 8.25. The fourth-order valence-corrected chi connectivity index (χ4v) is 6.24. The summed E-state index contributed by atoms with van der Waals surface area (Å²) in [7, 11) is 0.911. The Labute approximate surface area is 217 Å². The molecule has 200 valence electrons. The van der Waals surface area contributed by atoms with E-state index in [1.807, 2.05) is 0 Å². The standard InChI is InChI=1S/C29H28F4N2O3/c1-38-28(29(31,32)33,23-8-4-6-19-5-2-3-7-22(19)23)26(37)35-15-13-27(14-16-35)17-25(36)34-18-24(27)20-9-11-21(30)12-10-20/h2-12,24H,13-18H2,1H3,(H,34,36)/t24-,28+/m0/s1. The molecular weight excluding hydrogens is 500 g/mol. The van der Waals surface area contributed by atoms with Crippen molar-refractivity contribution in [2.75, 3.05) is 26.7 Å². The first kappa shape index (κ1) is 26.2. The van der Waals surface area contributed by atoms with Crippen molar-refractivity contribution in [1.82, 2.24) is 10.2 Å². The van der Waals surface area contributed by atoms with Crippen LogP contribution in [0.3, 0.4) is 0 Å². The predicted octanol–water partition coefficient (Wildman–Crippen LogP) is 5.30. The minimum atomic E-state index is -5.03. The Balaban J connectivity index is 1.48. The lowest BCUT2D eigenvalue weighted by molar-refractivity contribution is -0.270. The van der Waals surface area contributed by atoms with Gasteiger partial charge < -0.3 is 15.0 Å². The maximum atomic E-state index is 14.9. The first-order valence-corrected chi connectivity index (χ1v) is 12.5. The Morgan fingerprint density at radius 3 is 2.32 bits per heavy atom. The molecule has 2 fully saturated rings. The molecule has 5 rings (SSSR count). The molecule has 0 radical (unpaired) electrons. The fourth-order valence-electron chi connectivity index (χ4n) is 6.24. The monoisotopic (exact) mass is 528 g/mol. The van der Waals surface area contributed by atoms with Gasteiger partial charge in [-0.15, -0.1) is 0 Å². The third-order valence-corrected chi connectivity index (χ3v) is 8.25. The highest BCUT2D eigenvalue weighted by Gasteiger charge is 2.64. The molecule has 0 bridgehead atoms. The summed E-state index contributed by atoms with van der Waals surface area (Å²) in [6.45, 7) is 0.421. The summed E-state index contributed by atoms with van der Waals surface area (Å²) in [5.41, 5.74) is -3.14. The van der Waals surface area contributed by atoms with E-state index in [-0.39, 0.29) is 48.1 Å². The number of nitrogens with one attached hydrogen (secondary N) is 1. The third kappa shape index (κ3) is 4.22. The number of carbonyl (C=O) groups excluding carboxylic acids is 2. The van der Waals surface area contributed by atoms with Crippen LogP contribution >= 0.6 is 0 Å². The van der Waals surface area contributed by atoms with E-state index >= 15 is 0 Å². The van der Waals surface area contributed by atoms with Crippen molar-refractivity contribution >= 4 is 22.6 Å². The topological polar surface area (TPSA) is 58.6 Å². The summed E-state index contributed by atoms with van der Waals surface area (Å²) in [4.78, 5) is 27.4. The average molecular weight is 529 g/mol. The lowest BCUT2D eigenvalue weighted by Crippen LogP contribution is -2.60. The number of hydrogen-bond acceptors (Lipinski definition) is 3. The molecule has 2 atom stereocenters. The molecule has 9 heteroatoms. The van der Waals surface area contributed by atoms with Crippen molar-refractivity contribution in [2.45, 2.75) is 37.0 Å². The molecule has 38 heavy (non-hydrogen) atoms. The first-order chi connectivity index (χ1) is 18.1. The van der Waals surface area contributed by atoms with Gasteiger partial charge in [-0.1, -0.05) is 54.6 Å². The number of halogens is 4. The van der Waals surface area contributed by atoms with Gasteiger partial charge in [-0.05, 0) is 46.7 Å². The number of rotatable bonds is 4. The lowest BCUT2D eigenvalue weighted by Gasteiger charge is -2.50.